The Hall–Kier alpha value is -0.500. The third-order valence-electron chi connectivity index (χ3n) is 1.38. The first-order chi connectivity index (χ1) is 3.72. The molecule has 0 aliphatic rings. The number of hydrogen-bond acceptors (Lipinski definition) is 2. The van der Waals surface area contributed by atoms with Crippen molar-refractivity contribution in [1.82, 2.24) is 5.32 Å². The van der Waals surface area contributed by atoms with Gasteiger partial charge in [-0.2, -0.15) is 0 Å². The molecule has 0 aromatic carbocycles. The number of nitrogens with two attached hydrogens (primary N) is 1. The molecule has 0 heterocycles. The van der Waals surface area contributed by atoms with Crippen LogP contribution >= 0.6 is 0 Å². The fourth-order valence-electron chi connectivity index (χ4n) is 0.372. The zero-order valence-electron chi connectivity index (χ0n) is 5.73. The van der Waals surface area contributed by atoms with Gasteiger partial charge in [0.05, 0.1) is 0 Å². The van der Waals surface area contributed by atoms with Crippen molar-refractivity contribution in [2.45, 2.75) is 19.9 Å². The Morgan fingerprint density at radius 3 is 2.38 bits per heavy atom. The van der Waals surface area contributed by atoms with Crippen LogP contribution in [0.1, 0.15) is 13.8 Å². The van der Waals surface area contributed by atoms with Gasteiger partial charge in [0.15, 0.2) is 0 Å². The molecule has 2 nitrogen and oxygen atoms in total. The van der Waals surface area contributed by atoms with Gasteiger partial charge in [0.2, 0.25) is 0 Å². The van der Waals surface area contributed by atoms with E-state index in [1.54, 1.807) is 6.20 Å². The van der Waals surface area contributed by atoms with Crippen molar-refractivity contribution in [1.29, 1.82) is 0 Å². The second kappa shape index (κ2) is 3.50. The molecule has 0 spiro atoms. The molecule has 0 radical (unpaired) electrons. The van der Waals surface area contributed by atoms with Crippen LogP contribution in [-0.2, 0) is 0 Å². The maximum absolute atomic E-state index is 5.25. The topological polar surface area (TPSA) is 38.0 Å². The fourth-order valence-corrected chi connectivity index (χ4v) is 0.372. The molecule has 0 aliphatic carbocycles. The Labute approximate surface area is 50.8 Å². The Morgan fingerprint density at radius 2 is 2.25 bits per heavy atom. The molecule has 0 saturated heterocycles. The lowest BCUT2D eigenvalue weighted by Gasteiger charge is -2.08. The highest BCUT2D eigenvalue weighted by Crippen LogP contribution is 1.94. The molecule has 8 heavy (non-hydrogen) atoms. The van der Waals surface area contributed by atoms with E-state index in [4.69, 9.17) is 5.73 Å². The van der Waals surface area contributed by atoms with Crippen LogP contribution in [0.2, 0.25) is 0 Å². The maximum atomic E-state index is 5.25. The second-order valence-corrected chi connectivity index (χ2v) is 1.92. The van der Waals surface area contributed by atoms with E-state index in [-0.39, 0.29) is 0 Å². The first-order valence-corrected chi connectivity index (χ1v) is 2.78. The minimum absolute atomic E-state index is 0.403. The molecule has 2 heteroatoms. The molecule has 0 saturated carbocycles. The molecule has 3 N–H and O–H groups in total. The number of nitrogens with one attached hydrogen (secondary N) is 1. The molecule has 0 fully saturated rings. The summed E-state index contributed by atoms with van der Waals surface area (Å²) >= 11 is 0. The summed E-state index contributed by atoms with van der Waals surface area (Å²) < 4.78 is 0. The molecule has 0 bridgehead atoms. The lowest BCUT2D eigenvalue weighted by Crippen LogP contribution is -2.22. The van der Waals surface area contributed by atoms with Crippen molar-refractivity contribution >= 4 is 0 Å². The van der Waals surface area contributed by atoms with E-state index < -0.39 is 0 Å². The highest BCUT2D eigenvalue weighted by atomic mass is 14.9. The monoisotopic (exact) mass is 114 g/mol. The van der Waals surface area contributed by atoms with E-state index in [0.29, 0.717) is 6.04 Å². The normalized spacial score (nSPS) is 16.1. The summed E-state index contributed by atoms with van der Waals surface area (Å²) in [4.78, 5) is 0. The summed E-state index contributed by atoms with van der Waals surface area (Å²) in [5.41, 5.74) is 6.42. The van der Waals surface area contributed by atoms with Crippen molar-refractivity contribution in [3.63, 3.8) is 0 Å². The fraction of sp³-hybridized carbons (Fsp3) is 0.667. The Balaban J connectivity index is 3.63. The first kappa shape index (κ1) is 7.50. The zero-order chi connectivity index (χ0) is 6.57. The predicted octanol–water partition coefficient (Wildman–Crippen LogP) is 0.457. The van der Waals surface area contributed by atoms with Crippen molar-refractivity contribution in [2.75, 3.05) is 7.05 Å². The summed E-state index contributed by atoms with van der Waals surface area (Å²) in [6.45, 7) is 4.07. The van der Waals surface area contributed by atoms with Crippen molar-refractivity contribution in [3.05, 3.63) is 11.8 Å². The van der Waals surface area contributed by atoms with Gasteiger partial charge in [0, 0.05) is 6.04 Å². The van der Waals surface area contributed by atoms with Crippen LogP contribution in [0.15, 0.2) is 11.8 Å². The van der Waals surface area contributed by atoms with E-state index in [9.17, 15) is 0 Å². The zero-order valence-corrected chi connectivity index (χ0v) is 5.73. The maximum Gasteiger partial charge on any atom is 0.0262 e. The minimum Gasteiger partial charge on any atom is -0.405 e. The van der Waals surface area contributed by atoms with E-state index >= 15 is 0 Å². The van der Waals surface area contributed by atoms with Gasteiger partial charge in [-0.3, -0.25) is 0 Å². The first-order valence-electron chi connectivity index (χ1n) is 2.78. The van der Waals surface area contributed by atoms with Gasteiger partial charge in [0.1, 0.15) is 0 Å². The van der Waals surface area contributed by atoms with Crippen molar-refractivity contribution in [2.24, 2.45) is 5.73 Å². The van der Waals surface area contributed by atoms with Crippen LogP contribution in [-0.4, -0.2) is 13.1 Å². The highest BCUT2D eigenvalue weighted by Gasteiger charge is 1.96. The average molecular weight is 114 g/mol. The summed E-state index contributed by atoms with van der Waals surface area (Å²) in [6, 6.07) is 0.403. The van der Waals surface area contributed by atoms with Gasteiger partial charge >= 0.3 is 0 Å². The van der Waals surface area contributed by atoms with Gasteiger partial charge in [-0.1, -0.05) is 0 Å². The summed E-state index contributed by atoms with van der Waals surface area (Å²) in [7, 11) is 1.91. The number of hydrogen-bond donors (Lipinski definition) is 2. The van der Waals surface area contributed by atoms with Gasteiger partial charge in [-0.05, 0) is 32.7 Å². The summed E-state index contributed by atoms with van der Waals surface area (Å²) in [5, 5.41) is 3.07. The molecule has 0 aromatic rings. The molecule has 0 aliphatic heterocycles. The molecule has 0 amide bonds. The summed E-state index contributed by atoms with van der Waals surface area (Å²) in [5.74, 6) is 0. The van der Waals surface area contributed by atoms with E-state index in [2.05, 4.69) is 12.2 Å². The SMILES string of the molecule is CNC(C)/C(C)=C/N. The lowest BCUT2D eigenvalue weighted by atomic mass is 10.2. The van der Waals surface area contributed by atoms with Crippen LogP contribution in [0, 0.1) is 0 Å². The van der Waals surface area contributed by atoms with Crippen LogP contribution in [0.3, 0.4) is 0 Å². The Kier molecular flexibility index (Phi) is 3.28. The molecule has 0 rings (SSSR count). The van der Waals surface area contributed by atoms with Crippen LogP contribution in [0.25, 0.3) is 0 Å². The minimum atomic E-state index is 0.403. The highest BCUT2D eigenvalue weighted by molar-refractivity contribution is 5.02. The van der Waals surface area contributed by atoms with Crippen LogP contribution in [0.4, 0.5) is 0 Å². The largest absolute Gasteiger partial charge is 0.405 e. The van der Waals surface area contributed by atoms with E-state index in [1.165, 1.54) is 5.57 Å². The summed E-state index contributed by atoms with van der Waals surface area (Å²) in [6.07, 6.45) is 1.63. The van der Waals surface area contributed by atoms with Crippen molar-refractivity contribution < 1.29 is 0 Å². The molecule has 1 atom stereocenters. The van der Waals surface area contributed by atoms with Crippen LogP contribution in [0.5, 0.6) is 0 Å². The molecule has 0 aromatic heterocycles. The third-order valence-corrected chi connectivity index (χ3v) is 1.38. The molecular weight excluding hydrogens is 100 g/mol. The molecule has 48 valence electrons. The number of rotatable bonds is 2. The van der Waals surface area contributed by atoms with Gasteiger partial charge < -0.3 is 11.1 Å². The average Bonchev–Trinajstić information content (AvgIpc) is 1.84. The van der Waals surface area contributed by atoms with Crippen LogP contribution < -0.4 is 11.1 Å². The molecular formula is C6H14N2. The Morgan fingerprint density at radius 1 is 1.75 bits per heavy atom. The predicted molar refractivity (Wildman–Crippen MR) is 36.5 cm³/mol. The Bertz CT molecular complexity index is 86.5. The second-order valence-electron chi connectivity index (χ2n) is 1.92. The standard InChI is InChI=1S/C6H14N2/c1-5(4-7)6(2)8-3/h4,6,8H,7H2,1-3H3/b5-4+. The van der Waals surface area contributed by atoms with E-state index in [0.717, 1.165) is 0 Å². The molecule has 1 unspecified atom stereocenters. The smallest absolute Gasteiger partial charge is 0.0262 e. The quantitative estimate of drug-likeness (QED) is 0.547. The third kappa shape index (κ3) is 1.98. The van der Waals surface area contributed by atoms with Gasteiger partial charge in [-0.25, -0.2) is 0 Å². The lowest BCUT2D eigenvalue weighted by molar-refractivity contribution is 0.690. The number of likely N-dealkylation sites (N-methyl/N-ethyl adjacent to an activating group) is 1. The van der Waals surface area contributed by atoms with E-state index in [1.807, 2.05) is 14.0 Å². The van der Waals surface area contributed by atoms with Gasteiger partial charge in [0.25, 0.3) is 0 Å². The van der Waals surface area contributed by atoms with Crippen molar-refractivity contribution in [3.8, 4) is 0 Å². The van der Waals surface area contributed by atoms with Gasteiger partial charge in [-0.15, -0.1) is 0 Å².